The molecule has 1 saturated heterocycles. The number of halogens is 2. The SMILES string of the molecule is C[C@H]1C[C@H](NS(=O)(=O)c2cccc(Cl)c2)CN1CCCc1noc2cc(F)ccc12. The molecule has 4 rings (SSSR count). The summed E-state index contributed by atoms with van der Waals surface area (Å²) in [5.41, 5.74) is 1.27. The van der Waals surface area contributed by atoms with Crippen LogP contribution in [0.25, 0.3) is 11.0 Å². The fourth-order valence-corrected chi connectivity index (χ4v) is 5.55. The summed E-state index contributed by atoms with van der Waals surface area (Å²) in [6.45, 7) is 3.56. The highest BCUT2D eigenvalue weighted by Gasteiger charge is 2.31. The predicted molar refractivity (Wildman–Crippen MR) is 114 cm³/mol. The second-order valence-corrected chi connectivity index (χ2v) is 9.88. The number of nitrogens with one attached hydrogen (secondary N) is 1. The highest BCUT2D eigenvalue weighted by molar-refractivity contribution is 7.89. The Balaban J connectivity index is 1.33. The first-order chi connectivity index (χ1) is 14.3. The van der Waals surface area contributed by atoms with Crippen molar-refractivity contribution in [2.75, 3.05) is 13.1 Å². The largest absolute Gasteiger partial charge is 0.356 e. The maximum absolute atomic E-state index is 13.3. The molecule has 2 heterocycles. The van der Waals surface area contributed by atoms with Crippen LogP contribution in [-0.4, -0.2) is 43.6 Å². The minimum absolute atomic E-state index is 0.153. The van der Waals surface area contributed by atoms with E-state index in [1.807, 2.05) is 0 Å². The van der Waals surface area contributed by atoms with Crippen LogP contribution < -0.4 is 4.72 Å². The Hall–Kier alpha value is -2.00. The van der Waals surface area contributed by atoms with Gasteiger partial charge in [-0.1, -0.05) is 22.8 Å². The zero-order valence-corrected chi connectivity index (χ0v) is 18.1. The first kappa shape index (κ1) is 21.2. The molecular formula is C21H23ClFN3O3S. The first-order valence-corrected chi connectivity index (χ1v) is 11.7. The van der Waals surface area contributed by atoms with Crippen molar-refractivity contribution in [1.82, 2.24) is 14.8 Å². The molecule has 1 aliphatic rings. The number of nitrogens with zero attached hydrogens (tertiary/aromatic N) is 2. The Bertz CT molecular complexity index is 1150. The number of hydrogen-bond donors (Lipinski definition) is 1. The van der Waals surface area contributed by atoms with Crippen LogP contribution in [0.3, 0.4) is 0 Å². The molecule has 1 aliphatic heterocycles. The van der Waals surface area contributed by atoms with Gasteiger partial charge in [0.25, 0.3) is 0 Å². The van der Waals surface area contributed by atoms with Gasteiger partial charge in [0.15, 0.2) is 5.58 Å². The molecule has 9 heteroatoms. The number of rotatable bonds is 7. The van der Waals surface area contributed by atoms with E-state index < -0.39 is 10.0 Å². The second kappa shape index (κ2) is 8.63. The zero-order chi connectivity index (χ0) is 21.3. The summed E-state index contributed by atoms with van der Waals surface area (Å²) in [6.07, 6.45) is 2.30. The van der Waals surface area contributed by atoms with Crippen molar-refractivity contribution in [3.8, 4) is 0 Å². The molecular weight excluding hydrogens is 429 g/mol. The number of aryl methyl sites for hydroxylation is 1. The van der Waals surface area contributed by atoms with E-state index in [-0.39, 0.29) is 22.8 Å². The second-order valence-electron chi connectivity index (χ2n) is 7.73. The van der Waals surface area contributed by atoms with Gasteiger partial charge in [0, 0.05) is 35.1 Å². The van der Waals surface area contributed by atoms with Gasteiger partial charge in [0.05, 0.1) is 10.6 Å². The highest BCUT2D eigenvalue weighted by Crippen LogP contribution is 2.23. The molecule has 160 valence electrons. The lowest BCUT2D eigenvalue weighted by molar-refractivity contribution is 0.263. The third-order valence-electron chi connectivity index (χ3n) is 5.50. The number of hydrogen-bond acceptors (Lipinski definition) is 5. The van der Waals surface area contributed by atoms with E-state index in [9.17, 15) is 12.8 Å². The molecule has 30 heavy (non-hydrogen) atoms. The highest BCUT2D eigenvalue weighted by atomic mass is 35.5. The lowest BCUT2D eigenvalue weighted by Gasteiger charge is -2.20. The van der Waals surface area contributed by atoms with Crippen LogP contribution in [0.1, 0.15) is 25.5 Å². The molecule has 0 bridgehead atoms. The molecule has 0 saturated carbocycles. The smallest absolute Gasteiger partial charge is 0.240 e. The molecule has 0 spiro atoms. The number of aromatic nitrogens is 1. The van der Waals surface area contributed by atoms with Gasteiger partial charge in [-0.3, -0.25) is 4.90 Å². The summed E-state index contributed by atoms with van der Waals surface area (Å²) in [4.78, 5) is 2.45. The fraction of sp³-hybridized carbons (Fsp3) is 0.381. The van der Waals surface area contributed by atoms with Crippen LogP contribution in [-0.2, 0) is 16.4 Å². The quantitative estimate of drug-likeness (QED) is 0.587. The van der Waals surface area contributed by atoms with Gasteiger partial charge in [-0.25, -0.2) is 17.5 Å². The van der Waals surface area contributed by atoms with Crippen molar-refractivity contribution in [1.29, 1.82) is 0 Å². The molecule has 0 radical (unpaired) electrons. The number of fused-ring (bicyclic) bond motifs is 1. The van der Waals surface area contributed by atoms with Gasteiger partial charge in [-0.2, -0.15) is 0 Å². The number of likely N-dealkylation sites (tertiary alicyclic amines) is 1. The average molecular weight is 452 g/mol. The third kappa shape index (κ3) is 4.67. The molecule has 0 unspecified atom stereocenters. The van der Waals surface area contributed by atoms with Crippen molar-refractivity contribution in [3.05, 3.63) is 59.0 Å². The van der Waals surface area contributed by atoms with Gasteiger partial charge >= 0.3 is 0 Å². The molecule has 2 atom stereocenters. The summed E-state index contributed by atoms with van der Waals surface area (Å²) in [5, 5.41) is 5.28. The molecule has 1 fully saturated rings. The summed E-state index contributed by atoms with van der Waals surface area (Å²) in [6, 6.07) is 10.8. The van der Waals surface area contributed by atoms with Gasteiger partial charge in [0.1, 0.15) is 5.82 Å². The molecule has 2 aromatic carbocycles. The number of sulfonamides is 1. The van der Waals surface area contributed by atoms with E-state index in [2.05, 4.69) is 21.7 Å². The van der Waals surface area contributed by atoms with Crippen molar-refractivity contribution in [2.24, 2.45) is 0 Å². The standard InChI is InChI=1S/C21H23ClFN3O3S/c1-14-10-17(25-30(27,28)18-5-2-4-15(22)11-18)13-26(14)9-3-6-20-19-8-7-16(23)12-21(19)29-24-20/h2,4-5,7-8,11-12,14,17,25H,3,6,9-10,13H2,1H3/t14-,17-/m0/s1. The summed E-state index contributed by atoms with van der Waals surface area (Å²) < 4.78 is 46.6. The fourth-order valence-electron chi connectivity index (χ4n) is 4.01. The molecule has 1 aromatic heterocycles. The first-order valence-electron chi connectivity index (χ1n) is 9.87. The zero-order valence-electron chi connectivity index (χ0n) is 16.5. The topological polar surface area (TPSA) is 75.4 Å². The van der Waals surface area contributed by atoms with Crippen molar-refractivity contribution < 1.29 is 17.3 Å². The van der Waals surface area contributed by atoms with E-state index in [0.29, 0.717) is 23.6 Å². The van der Waals surface area contributed by atoms with Crippen molar-refractivity contribution in [3.63, 3.8) is 0 Å². The van der Waals surface area contributed by atoms with E-state index in [0.717, 1.165) is 30.5 Å². The van der Waals surface area contributed by atoms with Crippen LogP contribution in [0, 0.1) is 5.82 Å². The third-order valence-corrected chi connectivity index (χ3v) is 7.25. The van der Waals surface area contributed by atoms with E-state index >= 15 is 0 Å². The van der Waals surface area contributed by atoms with E-state index in [1.165, 1.54) is 18.2 Å². The lowest BCUT2D eigenvalue weighted by atomic mass is 10.1. The Morgan fingerprint density at radius 3 is 2.93 bits per heavy atom. The van der Waals surface area contributed by atoms with Crippen LogP contribution >= 0.6 is 11.6 Å². The average Bonchev–Trinajstić information content (AvgIpc) is 3.24. The number of benzene rings is 2. The Labute approximate surface area is 180 Å². The van der Waals surface area contributed by atoms with Gasteiger partial charge in [-0.15, -0.1) is 0 Å². The maximum atomic E-state index is 13.3. The van der Waals surface area contributed by atoms with Crippen LogP contribution in [0.2, 0.25) is 5.02 Å². The normalized spacial score (nSPS) is 20.2. The predicted octanol–water partition coefficient (Wildman–Crippen LogP) is 3.99. The maximum Gasteiger partial charge on any atom is 0.240 e. The molecule has 0 amide bonds. The summed E-state index contributed by atoms with van der Waals surface area (Å²) in [7, 11) is -3.61. The van der Waals surface area contributed by atoms with Crippen LogP contribution in [0.4, 0.5) is 4.39 Å². The summed E-state index contributed by atoms with van der Waals surface area (Å²) >= 11 is 5.93. The van der Waals surface area contributed by atoms with E-state index in [4.69, 9.17) is 16.1 Å². The molecule has 3 aromatic rings. The molecule has 1 N–H and O–H groups in total. The Kier molecular flexibility index (Phi) is 6.11. The monoisotopic (exact) mass is 451 g/mol. The molecule has 6 nitrogen and oxygen atoms in total. The summed E-state index contributed by atoms with van der Waals surface area (Å²) in [5.74, 6) is -0.345. The van der Waals surface area contributed by atoms with Gasteiger partial charge in [0.2, 0.25) is 10.0 Å². The minimum atomic E-state index is -3.61. The van der Waals surface area contributed by atoms with Crippen LogP contribution in [0.5, 0.6) is 0 Å². The van der Waals surface area contributed by atoms with Crippen LogP contribution in [0.15, 0.2) is 51.9 Å². The van der Waals surface area contributed by atoms with Crippen molar-refractivity contribution >= 4 is 32.6 Å². The van der Waals surface area contributed by atoms with Gasteiger partial charge in [-0.05, 0) is 63.1 Å². The molecule has 0 aliphatic carbocycles. The van der Waals surface area contributed by atoms with Gasteiger partial charge < -0.3 is 4.52 Å². The van der Waals surface area contributed by atoms with Crippen molar-refractivity contribution in [2.45, 2.75) is 43.2 Å². The minimum Gasteiger partial charge on any atom is -0.356 e. The Morgan fingerprint density at radius 2 is 2.13 bits per heavy atom. The Morgan fingerprint density at radius 1 is 1.30 bits per heavy atom. The lowest BCUT2D eigenvalue weighted by Crippen LogP contribution is -2.37. The van der Waals surface area contributed by atoms with E-state index in [1.54, 1.807) is 24.3 Å².